The largest absolute Gasteiger partial charge is 0.330 e. The van der Waals surface area contributed by atoms with Crippen molar-refractivity contribution < 1.29 is 9.59 Å². The van der Waals surface area contributed by atoms with Crippen LogP contribution in [-0.2, 0) is 16.0 Å². The summed E-state index contributed by atoms with van der Waals surface area (Å²) >= 11 is 1.77. The topological polar surface area (TPSA) is 40.6 Å². The van der Waals surface area contributed by atoms with Crippen LogP contribution in [0.4, 0.5) is 0 Å². The Morgan fingerprint density at radius 3 is 2.47 bits per heavy atom. The maximum absolute atomic E-state index is 13.6. The van der Waals surface area contributed by atoms with Gasteiger partial charge in [0.15, 0.2) is 0 Å². The third-order valence-electron chi connectivity index (χ3n) is 6.48. The van der Waals surface area contributed by atoms with Crippen LogP contribution in [0.1, 0.15) is 68.5 Å². The Morgan fingerprint density at radius 1 is 1.10 bits per heavy atom. The molecule has 1 aliphatic heterocycles. The number of fused-ring (bicyclic) bond motifs is 1. The first-order valence-electron chi connectivity index (χ1n) is 11.1. The molecule has 2 heterocycles. The number of carbonyl (C=O) groups excluding carboxylic acids is 2. The van der Waals surface area contributed by atoms with Gasteiger partial charge in [-0.15, -0.1) is 11.3 Å². The van der Waals surface area contributed by atoms with Gasteiger partial charge in [0.1, 0.15) is 6.54 Å². The molecule has 30 heavy (non-hydrogen) atoms. The quantitative estimate of drug-likeness (QED) is 0.690. The zero-order chi connectivity index (χ0) is 21.3. The van der Waals surface area contributed by atoms with Gasteiger partial charge in [0.05, 0.1) is 6.04 Å². The molecule has 2 aromatic rings. The second-order valence-electron chi connectivity index (χ2n) is 9.53. The molecule has 1 fully saturated rings. The van der Waals surface area contributed by atoms with Crippen LogP contribution in [0.3, 0.4) is 0 Å². The van der Waals surface area contributed by atoms with E-state index in [4.69, 9.17) is 0 Å². The van der Waals surface area contributed by atoms with Crippen molar-refractivity contribution in [3.63, 3.8) is 0 Å². The number of hydrogen-bond acceptors (Lipinski definition) is 3. The van der Waals surface area contributed by atoms with E-state index < -0.39 is 0 Å². The zero-order valence-corrected chi connectivity index (χ0v) is 19.1. The van der Waals surface area contributed by atoms with Crippen molar-refractivity contribution in [1.29, 1.82) is 0 Å². The summed E-state index contributed by atoms with van der Waals surface area (Å²) in [6, 6.07) is 12.4. The van der Waals surface area contributed by atoms with E-state index in [9.17, 15) is 9.59 Å². The summed E-state index contributed by atoms with van der Waals surface area (Å²) in [4.78, 5) is 32.1. The molecular weight excluding hydrogens is 392 g/mol. The fourth-order valence-corrected chi connectivity index (χ4v) is 5.75. The Morgan fingerprint density at radius 2 is 1.80 bits per heavy atom. The molecule has 2 amide bonds. The Hall–Kier alpha value is -2.14. The van der Waals surface area contributed by atoms with Crippen molar-refractivity contribution in [1.82, 2.24) is 9.80 Å². The number of hydrogen-bond donors (Lipinski definition) is 0. The van der Waals surface area contributed by atoms with E-state index in [1.54, 1.807) is 11.3 Å². The highest BCUT2D eigenvalue weighted by molar-refractivity contribution is 7.10. The monoisotopic (exact) mass is 424 g/mol. The third kappa shape index (κ3) is 4.18. The minimum atomic E-state index is -0.374. The molecule has 2 aliphatic rings. The molecule has 0 bridgehead atoms. The van der Waals surface area contributed by atoms with Gasteiger partial charge in [-0.3, -0.25) is 9.59 Å². The molecule has 1 aliphatic carbocycles. The summed E-state index contributed by atoms with van der Waals surface area (Å²) in [5.74, 6) is 0.270. The van der Waals surface area contributed by atoms with Gasteiger partial charge in [0.2, 0.25) is 11.8 Å². The van der Waals surface area contributed by atoms with Gasteiger partial charge in [-0.25, -0.2) is 0 Å². The van der Waals surface area contributed by atoms with Gasteiger partial charge >= 0.3 is 0 Å². The molecule has 0 radical (unpaired) electrons. The fraction of sp³-hybridized carbons (Fsp3) is 0.520. The number of rotatable bonds is 4. The summed E-state index contributed by atoms with van der Waals surface area (Å²) in [5, 5.41) is 2.12. The Balaban J connectivity index is 1.61. The van der Waals surface area contributed by atoms with Gasteiger partial charge in [0.25, 0.3) is 0 Å². The lowest BCUT2D eigenvalue weighted by Gasteiger charge is -2.41. The average molecular weight is 425 g/mol. The fourth-order valence-electron chi connectivity index (χ4n) is 4.84. The Labute approximate surface area is 183 Å². The Kier molecular flexibility index (Phi) is 6.01. The molecule has 4 rings (SSSR count). The maximum atomic E-state index is 13.6. The van der Waals surface area contributed by atoms with E-state index in [2.05, 4.69) is 23.6 Å². The van der Waals surface area contributed by atoms with Gasteiger partial charge in [0, 0.05) is 22.9 Å². The normalized spacial score (nSPS) is 19.6. The summed E-state index contributed by atoms with van der Waals surface area (Å²) in [6.45, 7) is 6.96. The van der Waals surface area contributed by atoms with Crippen LogP contribution in [-0.4, -0.2) is 40.2 Å². The van der Waals surface area contributed by atoms with Crippen LogP contribution in [0.15, 0.2) is 41.8 Å². The van der Waals surface area contributed by atoms with Crippen LogP contribution >= 0.6 is 11.3 Å². The highest BCUT2D eigenvalue weighted by Gasteiger charge is 2.38. The predicted molar refractivity (Wildman–Crippen MR) is 121 cm³/mol. The highest BCUT2D eigenvalue weighted by Crippen LogP contribution is 2.38. The molecule has 1 aromatic heterocycles. The highest BCUT2D eigenvalue weighted by atomic mass is 32.1. The smallest absolute Gasteiger partial charge is 0.243 e. The molecule has 1 aromatic carbocycles. The molecule has 0 spiro atoms. The summed E-state index contributed by atoms with van der Waals surface area (Å²) in [6.07, 6.45) is 5.02. The van der Waals surface area contributed by atoms with Gasteiger partial charge < -0.3 is 9.80 Å². The van der Waals surface area contributed by atoms with E-state index in [0.717, 1.165) is 37.7 Å². The minimum Gasteiger partial charge on any atom is -0.330 e. The average Bonchev–Trinajstić information content (AvgIpc) is 3.42. The number of thiophene rings is 1. The molecule has 0 N–H and O–H groups in total. The molecule has 1 saturated carbocycles. The molecular formula is C25H32N2O2S. The first-order valence-corrected chi connectivity index (χ1v) is 12.0. The molecule has 1 atom stereocenters. The zero-order valence-electron chi connectivity index (χ0n) is 18.3. The first kappa shape index (κ1) is 21.1. The van der Waals surface area contributed by atoms with E-state index in [1.165, 1.54) is 10.4 Å². The van der Waals surface area contributed by atoms with Crippen molar-refractivity contribution in [3.05, 3.63) is 57.8 Å². The Bertz CT molecular complexity index is 893. The van der Waals surface area contributed by atoms with Crippen molar-refractivity contribution in [2.45, 2.75) is 64.5 Å². The van der Waals surface area contributed by atoms with Crippen molar-refractivity contribution in [3.8, 4) is 0 Å². The standard InChI is InChI=1S/C25H32N2O2S/c1-25(2,3)27(24(29)19-11-7-8-12-19)17-22(28)26-15-13-21-20(14-16-30-21)23(26)18-9-5-4-6-10-18/h4-6,9-10,14,16,19,23H,7-8,11-13,15,17H2,1-3H3/t23-/m0/s1. The molecule has 0 saturated heterocycles. The molecule has 160 valence electrons. The van der Waals surface area contributed by atoms with Crippen molar-refractivity contribution in [2.24, 2.45) is 5.92 Å². The van der Waals surface area contributed by atoms with E-state index in [0.29, 0.717) is 6.54 Å². The number of amides is 2. The van der Waals surface area contributed by atoms with Crippen molar-refractivity contribution >= 4 is 23.2 Å². The van der Waals surface area contributed by atoms with Crippen LogP contribution < -0.4 is 0 Å². The maximum Gasteiger partial charge on any atom is 0.243 e. The van der Waals surface area contributed by atoms with Gasteiger partial charge in [-0.05, 0) is 62.6 Å². The van der Waals surface area contributed by atoms with E-state index in [1.807, 2.05) is 48.8 Å². The second-order valence-corrected chi connectivity index (χ2v) is 10.5. The first-order chi connectivity index (χ1) is 14.4. The number of carbonyl (C=O) groups is 2. The van der Waals surface area contributed by atoms with E-state index >= 15 is 0 Å². The summed E-state index contributed by atoms with van der Waals surface area (Å²) in [5.41, 5.74) is 1.99. The lowest BCUT2D eigenvalue weighted by Crippen LogP contribution is -2.54. The summed E-state index contributed by atoms with van der Waals surface area (Å²) in [7, 11) is 0. The lowest BCUT2D eigenvalue weighted by atomic mass is 9.93. The molecule has 0 unspecified atom stereocenters. The predicted octanol–water partition coefficient (Wildman–Crippen LogP) is 5.04. The summed E-state index contributed by atoms with van der Waals surface area (Å²) < 4.78 is 0. The van der Waals surface area contributed by atoms with Crippen LogP contribution in [0, 0.1) is 5.92 Å². The number of nitrogens with zero attached hydrogens (tertiary/aromatic N) is 2. The molecule has 5 heteroatoms. The van der Waals surface area contributed by atoms with Crippen LogP contribution in [0.25, 0.3) is 0 Å². The second kappa shape index (κ2) is 8.54. The third-order valence-corrected chi connectivity index (χ3v) is 7.47. The van der Waals surface area contributed by atoms with Gasteiger partial charge in [-0.1, -0.05) is 43.2 Å². The lowest BCUT2D eigenvalue weighted by molar-refractivity contribution is -0.148. The molecule has 4 nitrogen and oxygen atoms in total. The van der Waals surface area contributed by atoms with Crippen molar-refractivity contribution in [2.75, 3.05) is 13.1 Å². The van der Waals surface area contributed by atoms with E-state index in [-0.39, 0.29) is 35.9 Å². The van der Waals surface area contributed by atoms with Gasteiger partial charge in [-0.2, -0.15) is 0 Å². The number of benzene rings is 1. The van der Waals surface area contributed by atoms with Crippen LogP contribution in [0.5, 0.6) is 0 Å². The minimum absolute atomic E-state index is 0.0435. The van der Waals surface area contributed by atoms with Crippen LogP contribution in [0.2, 0.25) is 0 Å². The SMILES string of the molecule is CC(C)(C)N(CC(=O)N1CCc2sccc2[C@@H]1c1ccccc1)C(=O)C1CCCC1.